The lowest BCUT2D eigenvalue weighted by molar-refractivity contribution is 0.171. The smallest absolute Gasteiger partial charge is 0.161 e. The van der Waals surface area contributed by atoms with E-state index in [1.165, 1.54) is 5.56 Å². The zero-order chi connectivity index (χ0) is 18.4. The summed E-state index contributed by atoms with van der Waals surface area (Å²) in [6.07, 6.45) is 7.13. The van der Waals surface area contributed by atoms with E-state index in [0.717, 1.165) is 48.7 Å². The Morgan fingerprint density at radius 2 is 1.81 bits per heavy atom. The second-order valence-electron chi connectivity index (χ2n) is 7.12. The summed E-state index contributed by atoms with van der Waals surface area (Å²) < 4.78 is 11.4. The van der Waals surface area contributed by atoms with Crippen molar-refractivity contribution in [3.05, 3.63) is 47.5 Å². The maximum Gasteiger partial charge on any atom is 0.161 e. The highest BCUT2D eigenvalue weighted by atomic mass is 16.6. The first kappa shape index (κ1) is 18.6. The number of hydrogen-bond acceptors (Lipinski definition) is 5. The lowest BCUT2D eigenvalue weighted by atomic mass is 9.95. The van der Waals surface area contributed by atoms with Crippen molar-refractivity contribution < 1.29 is 9.47 Å². The van der Waals surface area contributed by atoms with E-state index < -0.39 is 0 Å². The Labute approximate surface area is 156 Å². The number of fused-ring (bicyclic) bond motifs is 1. The van der Waals surface area contributed by atoms with E-state index in [2.05, 4.69) is 48.2 Å². The molecule has 1 aliphatic heterocycles. The van der Waals surface area contributed by atoms with Crippen molar-refractivity contribution in [3.63, 3.8) is 0 Å². The van der Waals surface area contributed by atoms with Crippen LogP contribution in [-0.2, 0) is 13.0 Å². The van der Waals surface area contributed by atoms with Gasteiger partial charge in [-0.2, -0.15) is 0 Å². The number of rotatable bonds is 8. The van der Waals surface area contributed by atoms with Crippen molar-refractivity contribution in [2.24, 2.45) is 5.92 Å². The molecule has 1 atom stereocenters. The molecule has 1 aromatic heterocycles. The summed E-state index contributed by atoms with van der Waals surface area (Å²) in [5.74, 6) is 3.05. The number of aryl methyl sites for hydroxylation is 1. The third-order valence-corrected chi connectivity index (χ3v) is 4.63. The van der Waals surface area contributed by atoms with Gasteiger partial charge in [-0.05, 0) is 30.0 Å². The normalized spacial score (nSPS) is 14.5. The average molecular weight is 355 g/mol. The largest absolute Gasteiger partial charge is 0.486 e. The molecule has 1 aliphatic rings. The highest BCUT2D eigenvalue weighted by molar-refractivity contribution is 5.44. The molecule has 0 spiro atoms. The van der Waals surface area contributed by atoms with Gasteiger partial charge in [-0.3, -0.25) is 0 Å². The maximum atomic E-state index is 5.73. The molecular weight excluding hydrogens is 326 g/mol. The number of ether oxygens (including phenoxy) is 2. The van der Waals surface area contributed by atoms with Gasteiger partial charge in [0.1, 0.15) is 19.0 Å². The second kappa shape index (κ2) is 8.99. The summed E-state index contributed by atoms with van der Waals surface area (Å²) in [6, 6.07) is 6.45. The van der Waals surface area contributed by atoms with Gasteiger partial charge in [-0.1, -0.05) is 33.3 Å². The number of unbranched alkanes of at least 4 members (excludes halogenated alkanes) is 1. The van der Waals surface area contributed by atoms with Crippen molar-refractivity contribution in [3.8, 4) is 11.5 Å². The predicted octanol–water partition coefficient (Wildman–Crippen LogP) is 4.08. The fraction of sp³-hybridized carbons (Fsp3) is 0.524. The number of nitrogens with one attached hydrogen (secondary N) is 1. The molecule has 1 unspecified atom stereocenters. The van der Waals surface area contributed by atoms with Crippen LogP contribution in [-0.4, -0.2) is 23.2 Å². The maximum absolute atomic E-state index is 5.73. The van der Waals surface area contributed by atoms with Crippen LogP contribution in [0.15, 0.2) is 30.6 Å². The molecule has 0 aliphatic carbocycles. The van der Waals surface area contributed by atoms with Crippen LogP contribution < -0.4 is 14.8 Å². The molecule has 5 heteroatoms. The quantitative estimate of drug-likeness (QED) is 0.773. The van der Waals surface area contributed by atoms with Gasteiger partial charge < -0.3 is 14.8 Å². The van der Waals surface area contributed by atoms with Gasteiger partial charge in [0.2, 0.25) is 0 Å². The lowest BCUT2D eigenvalue weighted by Crippen LogP contribution is -2.26. The Hall–Kier alpha value is -2.14. The van der Waals surface area contributed by atoms with Gasteiger partial charge in [-0.25, -0.2) is 9.97 Å². The molecule has 0 radical (unpaired) electrons. The SMILES string of the molecule is CCCCc1ncc(CNC(c2ccc3c(c2)OCCO3)C(C)C)cn1. The summed E-state index contributed by atoms with van der Waals surface area (Å²) in [5, 5.41) is 3.64. The average Bonchev–Trinajstić information content (AvgIpc) is 2.67. The molecule has 0 amide bonds. The van der Waals surface area contributed by atoms with E-state index in [9.17, 15) is 0 Å². The van der Waals surface area contributed by atoms with Gasteiger partial charge >= 0.3 is 0 Å². The van der Waals surface area contributed by atoms with Gasteiger partial charge in [0.05, 0.1) is 0 Å². The monoisotopic (exact) mass is 355 g/mol. The number of aromatic nitrogens is 2. The Kier molecular flexibility index (Phi) is 6.45. The van der Waals surface area contributed by atoms with Crippen LogP contribution in [0, 0.1) is 5.92 Å². The summed E-state index contributed by atoms with van der Waals surface area (Å²) in [6.45, 7) is 8.59. The molecular formula is C21H29N3O2. The summed E-state index contributed by atoms with van der Waals surface area (Å²) in [7, 11) is 0. The second-order valence-corrected chi connectivity index (χ2v) is 7.12. The van der Waals surface area contributed by atoms with Crippen LogP contribution in [0.5, 0.6) is 11.5 Å². The molecule has 26 heavy (non-hydrogen) atoms. The van der Waals surface area contributed by atoms with Crippen LogP contribution in [0.3, 0.4) is 0 Å². The van der Waals surface area contributed by atoms with E-state index >= 15 is 0 Å². The standard InChI is InChI=1S/C21H29N3O2/c1-4-5-6-20-22-12-16(13-23-20)14-24-21(15(2)3)17-7-8-18-19(11-17)26-10-9-25-18/h7-8,11-13,15,21,24H,4-6,9-10,14H2,1-3H3. The van der Waals surface area contributed by atoms with Crippen LogP contribution in [0.2, 0.25) is 0 Å². The van der Waals surface area contributed by atoms with Crippen LogP contribution in [0.25, 0.3) is 0 Å². The molecule has 0 bridgehead atoms. The third kappa shape index (κ3) is 4.73. The van der Waals surface area contributed by atoms with Crippen molar-refractivity contribution >= 4 is 0 Å². The van der Waals surface area contributed by atoms with Crippen LogP contribution >= 0.6 is 0 Å². The molecule has 2 aromatic rings. The zero-order valence-electron chi connectivity index (χ0n) is 16.0. The molecule has 1 N–H and O–H groups in total. The predicted molar refractivity (Wildman–Crippen MR) is 102 cm³/mol. The Bertz CT molecular complexity index is 701. The number of benzene rings is 1. The van der Waals surface area contributed by atoms with E-state index in [1.54, 1.807) is 0 Å². The molecule has 3 rings (SSSR count). The van der Waals surface area contributed by atoms with Gasteiger partial charge in [0, 0.05) is 37.0 Å². The fourth-order valence-corrected chi connectivity index (χ4v) is 3.16. The third-order valence-electron chi connectivity index (χ3n) is 4.63. The van der Waals surface area contributed by atoms with Crippen molar-refractivity contribution in [2.75, 3.05) is 13.2 Å². The Morgan fingerprint density at radius 1 is 1.08 bits per heavy atom. The van der Waals surface area contributed by atoms with E-state index in [0.29, 0.717) is 19.1 Å². The van der Waals surface area contributed by atoms with E-state index in [-0.39, 0.29) is 6.04 Å². The first-order valence-corrected chi connectivity index (χ1v) is 9.60. The first-order chi connectivity index (χ1) is 12.7. The summed E-state index contributed by atoms with van der Waals surface area (Å²) in [5.41, 5.74) is 2.32. The van der Waals surface area contributed by atoms with Crippen molar-refractivity contribution in [1.82, 2.24) is 15.3 Å². The topological polar surface area (TPSA) is 56.3 Å². The molecule has 0 fully saturated rings. The van der Waals surface area contributed by atoms with Crippen LogP contribution in [0.1, 0.15) is 56.6 Å². The summed E-state index contributed by atoms with van der Waals surface area (Å²) >= 11 is 0. The minimum absolute atomic E-state index is 0.227. The number of hydrogen-bond donors (Lipinski definition) is 1. The fourth-order valence-electron chi connectivity index (χ4n) is 3.16. The molecule has 2 heterocycles. The molecule has 140 valence electrons. The van der Waals surface area contributed by atoms with Gasteiger partial charge in [-0.15, -0.1) is 0 Å². The molecule has 5 nitrogen and oxygen atoms in total. The van der Waals surface area contributed by atoms with Gasteiger partial charge in [0.25, 0.3) is 0 Å². The Balaban J connectivity index is 1.65. The van der Waals surface area contributed by atoms with Crippen LogP contribution in [0.4, 0.5) is 0 Å². The minimum Gasteiger partial charge on any atom is -0.486 e. The van der Waals surface area contributed by atoms with Gasteiger partial charge in [0.15, 0.2) is 11.5 Å². The zero-order valence-corrected chi connectivity index (χ0v) is 16.0. The molecule has 0 saturated heterocycles. The van der Waals surface area contributed by atoms with Crippen molar-refractivity contribution in [2.45, 2.75) is 52.6 Å². The molecule has 0 saturated carbocycles. The molecule has 1 aromatic carbocycles. The number of nitrogens with zero attached hydrogens (tertiary/aromatic N) is 2. The van der Waals surface area contributed by atoms with E-state index in [4.69, 9.17) is 9.47 Å². The lowest BCUT2D eigenvalue weighted by Gasteiger charge is -2.25. The highest BCUT2D eigenvalue weighted by Gasteiger charge is 2.19. The van der Waals surface area contributed by atoms with E-state index in [1.807, 2.05) is 18.5 Å². The minimum atomic E-state index is 0.227. The highest BCUT2D eigenvalue weighted by Crippen LogP contribution is 2.34. The van der Waals surface area contributed by atoms with Crippen molar-refractivity contribution in [1.29, 1.82) is 0 Å². The first-order valence-electron chi connectivity index (χ1n) is 9.60. The summed E-state index contributed by atoms with van der Waals surface area (Å²) in [4.78, 5) is 8.96. The Morgan fingerprint density at radius 3 is 2.50 bits per heavy atom.